The van der Waals surface area contributed by atoms with Gasteiger partial charge in [0, 0.05) is 49.2 Å². The molecular weight excluding hydrogens is 318 g/mol. The Balaban J connectivity index is 1.52. The fourth-order valence-electron chi connectivity index (χ4n) is 3.00. The van der Waals surface area contributed by atoms with Gasteiger partial charge in [-0.2, -0.15) is 0 Å². The van der Waals surface area contributed by atoms with Crippen molar-refractivity contribution < 1.29 is 4.52 Å². The van der Waals surface area contributed by atoms with Crippen molar-refractivity contribution >= 4 is 17.6 Å². The van der Waals surface area contributed by atoms with Gasteiger partial charge in [-0.25, -0.2) is 19.9 Å². The van der Waals surface area contributed by atoms with E-state index in [9.17, 15) is 0 Å². The molecule has 1 N–H and O–H groups in total. The van der Waals surface area contributed by atoms with E-state index in [-0.39, 0.29) is 5.92 Å². The van der Waals surface area contributed by atoms with Gasteiger partial charge in [-0.1, -0.05) is 5.16 Å². The fraction of sp³-hybridized carbons (Fsp3) is 0.353. The average molecular weight is 337 g/mol. The summed E-state index contributed by atoms with van der Waals surface area (Å²) in [5, 5.41) is 7.13. The molecule has 1 saturated heterocycles. The van der Waals surface area contributed by atoms with Gasteiger partial charge in [-0.15, -0.1) is 0 Å². The lowest BCUT2D eigenvalue weighted by atomic mass is 10.1. The minimum absolute atomic E-state index is 0.253. The predicted molar refractivity (Wildman–Crippen MR) is 92.9 cm³/mol. The molecule has 4 rings (SSSR count). The molecule has 3 aromatic rings. The molecule has 8 nitrogen and oxygen atoms in total. The zero-order chi connectivity index (χ0) is 17.2. The molecular formula is C17H19N7O. The smallest absolute Gasteiger partial charge is 0.225 e. The molecule has 1 fully saturated rings. The highest BCUT2D eigenvalue weighted by Crippen LogP contribution is 2.28. The molecule has 1 aliphatic rings. The van der Waals surface area contributed by atoms with Crippen molar-refractivity contribution in [3.63, 3.8) is 0 Å². The second-order valence-corrected chi connectivity index (χ2v) is 6.18. The lowest BCUT2D eigenvalue weighted by molar-refractivity contribution is 0.400. The number of hydrogen-bond donors (Lipinski definition) is 1. The standard InChI is InChI=1S/C17H19N7O/c1-11-8-14(21-15-9-12(2)25-23-15)22-16(20-11)13-4-7-24(10-13)17-18-5-3-6-19-17/h3,5-6,8-9,13H,4,7,10H2,1-2H3,(H,20,21,22,23). The van der Waals surface area contributed by atoms with E-state index in [1.165, 1.54) is 0 Å². The molecule has 8 heteroatoms. The molecule has 0 amide bonds. The molecule has 0 radical (unpaired) electrons. The summed E-state index contributed by atoms with van der Waals surface area (Å²) in [6, 6.07) is 5.56. The first-order chi connectivity index (χ1) is 12.2. The lowest BCUT2D eigenvalue weighted by Gasteiger charge is -2.15. The van der Waals surface area contributed by atoms with Crippen molar-refractivity contribution in [2.45, 2.75) is 26.2 Å². The first-order valence-electron chi connectivity index (χ1n) is 8.25. The van der Waals surface area contributed by atoms with E-state index in [0.29, 0.717) is 5.82 Å². The molecule has 3 aromatic heterocycles. The molecule has 0 bridgehead atoms. The van der Waals surface area contributed by atoms with E-state index >= 15 is 0 Å². The van der Waals surface area contributed by atoms with Gasteiger partial charge in [0.1, 0.15) is 17.4 Å². The van der Waals surface area contributed by atoms with Gasteiger partial charge < -0.3 is 14.7 Å². The molecule has 1 atom stereocenters. The molecule has 25 heavy (non-hydrogen) atoms. The largest absolute Gasteiger partial charge is 0.360 e. The first-order valence-corrected chi connectivity index (χ1v) is 8.25. The highest BCUT2D eigenvalue weighted by atomic mass is 16.5. The number of aromatic nitrogens is 5. The van der Waals surface area contributed by atoms with Crippen LogP contribution in [0.15, 0.2) is 35.1 Å². The normalized spacial score (nSPS) is 17.0. The monoisotopic (exact) mass is 337 g/mol. The third-order valence-corrected chi connectivity index (χ3v) is 4.14. The van der Waals surface area contributed by atoms with Gasteiger partial charge >= 0.3 is 0 Å². The van der Waals surface area contributed by atoms with Crippen LogP contribution in [-0.4, -0.2) is 38.2 Å². The minimum atomic E-state index is 0.253. The van der Waals surface area contributed by atoms with Crippen molar-refractivity contribution in [2.75, 3.05) is 23.3 Å². The lowest BCUT2D eigenvalue weighted by Crippen LogP contribution is -2.22. The van der Waals surface area contributed by atoms with Crippen molar-refractivity contribution in [1.29, 1.82) is 0 Å². The second-order valence-electron chi connectivity index (χ2n) is 6.18. The molecule has 1 unspecified atom stereocenters. The van der Waals surface area contributed by atoms with E-state index in [2.05, 4.69) is 35.3 Å². The van der Waals surface area contributed by atoms with E-state index in [1.54, 1.807) is 12.4 Å². The average Bonchev–Trinajstić information content (AvgIpc) is 3.24. The summed E-state index contributed by atoms with van der Waals surface area (Å²) >= 11 is 0. The number of rotatable bonds is 4. The van der Waals surface area contributed by atoms with Crippen LogP contribution in [0.4, 0.5) is 17.6 Å². The van der Waals surface area contributed by atoms with E-state index in [4.69, 9.17) is 4.52 Å². The molecule has 1 aliphatic heterocycles. The Morgan fingerprint density at radius 2 is 1.96 bits per heavy atom. The van der Waals surface area contributed by atoms with Crippen LogP contribution in [0.1, 0.15) is 29.6 Å². The van der Waals surface area contributed by atoms with Crippen molar-refractivity contribution in [2.24, 2.45) is 0 Å². The maximum absolute atomic E-state index is 5.08. The van der Waals surface area contributed by atoms with Gasteiger partial charge in [0.25, 0.3) is 0 Å². The van der Waals surface area contributed by atoms with Crippen molar-refractivity contribution in [3.05, 3.63) is 47.9 Å². The summed E-state index contributed by atoms with van der Waals surface area (Å²) in [4.78, 5) is 20.1. The van der Waals surface area contributed by atoms with E-state index in [0.717, 1.165) is 48.6 Å². The fourth-order valence-corrected chi connectivity index (χ4v) is 3.00. The molecule has 128 valence electrons. The molecule has 0 spiro atoms. The number of hydrogen-bond acceptors (Lipinski definition) is 8. The van der Waals surface area contributed by atoms with E-state index in [1.807, 2.05) is 32.0 Å². The third-order valence-electron chi connectivity index (χ3n) is 4.14. The molecule has 4 heterocycles. The van der Waals surface area contributed by atoms with E-state index < -0.39 is 0 Å². The number of nitrogens with zero attached hydrogens (tertiary/aromatic N) is 6. The summed E-state index contributed by atoms with van der Waals surface area (Å²) in [5.74, 6) is 3.97. The van der Waals surface area contributed by atoms with Crippen LogP contribution >= 0.6 is 0 Å². The van der Waals surface area contributed by atoms with Crippen LogP contribution in [0.3, 0.4) is 0 Å². The second kappa shape index (κ2) is 6.46. The highest BCUT2D eigenvalue weighted by molar-refractivity contribution is 5.51. The maximum Gasteiger partial charge on any atom is 0.225 e. The Morgan fingerprint density at radius 1 is 1.12 bits per heavy atom. The SMILES string of the molecule is Cc1cc(Nc2cc(C)on2)nc(C2CCN(c3ncccn3)C2)n1. The Bertz CT molecular complexity index is 864. The Hall–Kier alpha value is -3.03. The number of nitrogens with one attached hydrogen (secondary N) is 1. The highest BCUT2D eigenvalue weighted by Gasteiger charge is 2.28. The van der Waals surface area contributed by atoms with Gasteiger partial charge in [0.15, 0.2) is 5.82 Å². The summed E-state index contributed by atoms with van der Waals surface area (Å²) < 4.78 is 5.08. The maximum atomic E-state index is 5.08. The quantitative estimate of drug-likeness (QED) is 0.776. The number of anilines is 3. The Kier molecular flexibility index (Phi) is 4.01. The van der Waals surface area contributed by atoms with Gasteiger partial charge in [0.05, 0.1) is 0 Å². The zero-order valence-electron chi connectivity index (χ0n) is 14.2. The Labute approximate surface area is 145 Å². The van der Waals surface area contributed by atoms with Gasteiger partial charge in [0.2, 0.25) is 5.95 Å². The summed E-state index contributed by atoms with van der Waals surface area (Å²) in [6.07, 6.45) is 4.51. The van der Waals surface area contributed by atoms with Crippen LogP contribution in [0.2, 0.25) is 0 Å². The van der Waals surface area contributed by atoms with Crippen LogP contribution in [-0.2, 0) is 0 Å². The summed E-state index contributed by atoms with van der Waals surface area (Å²) in [7, 11) is 0. The summed E-state index contributed by atoms with van der Waals surface area (Å²) in [5.41, 5.74) is 0.919. The molecule has 0 saturated carbocycles. The Morgan fingerprint density at radius 3 is 2.72 bits per heavy atom. The zero-order valence-corrected chi connectivity index (χ0v) is 14.2. The predicted octanol–water partition coefficient (Wildman–Crippen LogP) is 2.61. The van der Waals surface area contributed by atoms with Crippen LogP contribution in [0.5, 0.6) is 0 Å². The third kappa shape index (κ3) is 3.42. The van der Waals surface area contributed by atoms with Crippen molar-refractivity contribution in [1.82, 2.24) is 25.1 Å². The van der Waals surface area contributed by atoms with Gasteiger partial charge in [-0.05, 0) is 26.3 Å². The molecule has 0 aromatic carbocycles. The molecule has 0 aliphatic carbocycles. The van der Waals surface area contributed by atoms with Crippen LogP contribution in [0.25, 0.3) is 0 Å². The topological polar surface area (TPSA) is 92.9 Å². The summed E-state index contributed by atoms with van der Waals surface area (Å²) in [6.45, 7) is 5.54. The van der Waals surface area contributed by atoms with Crippen LogP contribution < -0.4 is 10.2 Å². The van der Waals surface area contributed by atoms with Gasteiger partial charge in [-0.3, -0.25) is 0 Å². The van der Waals surface area contributed by atoms with Crippen LogP contribution in [0, 0.1) is 13.8 Å². The van der Waals surface area contributed by atoms with Crippen molar-refractivity contribution in [3.8, 4) is 0 Å². The first kappa shape index (κ1) is 15.5. The number of aryl methyl sites for hydroxylation is 2. The minimum Gasteiger partial charge on any atom is -0.360 e.